The molecule has 0 saturated heterocycles. The van der Waals surface area contributed by atoms with Crippen LogP contribution in [0.4, 0.5) is 0 Å². The fraction of sp³-hybridized carbons (Fsp3) is 0.312. The minimum atomic E-state index is 0.313. The second kappa shape index (κ2) is 6.01. The Kier molecular flexibility index (Phi) is 4.36. The Morgan fingerprint density at radius 2 is 2.11 bits per heavy atom. The molecular formula is C16H18N2S. The molecule has 0 aliphatic carbocycles. The molecule has 0 amide bonds. The van der Waals surface area contributed by atoms with E-state index in [0.29, 0.717) is 6.04 Å². The second-order valence-electron chi connectivity index (χ2n) is 4.88. The van der Waals surface area contributed by atoms with Crippen molar-refractivity contribution in [3.05, 3.63) is 56.8 Å². The molecule has 2 nitrogen and oxygen atoms in total. The standard InChI is InChI=1S/C16H18N2S/c1-11-4-5-12(2)16(6-11)13(3)18-9-15-7-14(8-17)10-19-15/h4-7,10,13,18H,9H2,1-3H3. The Labute approximate surface area is 118 Å². The van der Waals surface area contributed by atoms with Gasteiger partial charge in [-0.25, -0.2) is 0 Å². The summed E-state index contributed by atoms with van der Waals surface area (Å²) in [6.45, 7) is 7.25. The zero-order chi connectivity index (χ0) is 13.8. The van der Waals surface area contributed by atoms with Gasteiger partial charge in [0.05, 0.1) is 5.56 Å². The number of nitriles is 1. The van der Waals surface area contributed by atoms with Gasteiger partial charge in [-0.15, -0.1) is 11.3 Å². The molecule has 98 valence electrons. The number of hydrogen-bond acceptors (Lipinski definition) is 3. The molecule has 2 rings (SSSR count). The van der Waals surface area contributed by atoms with E-state index in [9.17, 15) is 0 Å². The summed E-state index contributed by atoms with van der Waals surface area (Å²) in [6, 6.07) is 11.0. The highest BCUT2D eigenvalue weighted by molar-refractivity contribution is 7.10. The minimum Gasteiger partial charge on any atom is -0.305 e. The van der Waals surface area contributed by atoms with Crippen LogP contribution in [-0.2, 0) is 6.54 Å². The molecule has 1 heterocycles. The van der Waals surface area contributed by atoms with Gasteiger partial charge in [0, 0.05) is 22.8 Å². The van der Waals surface area contributed by atoms with E-state index in [1.54, 1.807) is 11.3 Å². The molecule has 1 aromatic heterocycles. The minimum absolute atomic E-state index is 0.313. The second-order valence-corrected chi connectivity index (χ2v) is 5.87. The third-order valence-corrected chi connectivity index (χ3v) is 4.20. The summed E-state index contributed by atoms with van der Waals surface area (Å²) < 4.78 is 0. The van der Waals surface area contributed by atoms with Crippen molar-refractivity contribution in [1.82, 2.24) is 5.32 Å². The highest BCUT2D eigenvalue weighted by atomic mass is 32.1. The summed E-state index contributed by atoms with van der Waals surface area (Å²) in [6.07, 6.45) is 0. The van der Waals surface area contributed by atoms with Gasteiger partial charge < -0.3 is 5.32 Å². The summed E-state index contributed by atoms with van der Waals surface area (Å²) in [4.78, 5) is 1.20. The molecule has 19 heavy (non-hydrogen) atoms. The first-order valence-corrected chi connectivity index (χ1v) is 7.26. The summed E-state index contributed by atoms with van der Waals surface area (Å²) in [5.74, 6) is 0. The maximum absolute atomic E-state index is 8.81. The van der Waals surface area contributed by atoms with Crippen LogP contribution < -0.4 is 5.32 Å². The van der Waals surface area contributed by atoms with Crippen molar-refractivity contribution in [3.8, 4) is 6.07 Å². The van der Waals surface area contributed by atoms with Crippen molar-refractivity contribution in [2.75, 3.05) is 0 Å². The first-order valence-electron chi connectivity index (χ1n) is 6.38. The number of thiophene rings is 1. The lowest BCUT2D eigenvalue weighted by Crippen LogP contribution is -2.18. The Balaban J connectivity index is 2.03. The third kappa shape index (κ3) is 3.44. The van der Waals surface area contributed by atoms with Crippen LogP contribution in [-0.4, -0.2) is 0 Å². The van der Waals surface area contributed by atoms with Crippen LogP contribution in [0.5, 0.6) is 0 Å². The van der Waals surface area contributed by atoms with E-state index in [4.69, 9.17) is 5.26 Å². The van der Waals surface area contributed by atoms with Crippen molar-refractivity contribution >= 4 is 11.3 Å². The highest BCUT2D eigenvalue weighted by Crippen LogP contribution is 2.20. The Hall–Kier alpha value is -1.63. The van der Waals surface area contributed by atoms with Gasteiger partial charge in [0.2, 0.25) is 0 Å². The topological polar surface area (TPSA) is 35.8 Å². The lowest BCUT2D eigenvalue weighted by atomic mass is 10.00. The molecule has 1 aromatic carbocycles. The van der Waals surface area contributed by atoms with Gasteiger partial charge in [0.15, 0.2) is 0 Å². The normalized spacial score (nSPS) is 12.1. The van der Waals surface area contributed by atoms with Gasteiger partial charge in [0.1, 0.15) is 6.07 Å². The highest BCUT2D eigenvalue weighted by Gasteiger charge is 2.09. The third-order valence-electron chi connectivity index (χ3n) is 3.27. The van der Waals surface area contributed by atoms with Crippen LogP contribution in [0.3, 0.4) is 0 Å². The first-order chi connectivity index (χ1) is 9.10. The lowest BCUT2D eigenvalue weighted by Gasteiger charge is -2.16. The van der Waals surface area contributed by atoms with Crippen LogP contribution in [0.1, 0.15) is 40.1 Å². The zero-order valence-corrected chi connectivity index (χ0v) is 12.3. The van der Waals surface area contributed by atoms with E-state index in [-0.39, 0.29) is 0 Å². The van der Waals surface area contributed by atoms with E-state index in [1.165, 1.54) is 21.6 Å². The predicted molar refractivity (Wildman–Crippen MR) is 80.2 cm³/mol. The monoisotopic (exact) mass is 270 g/mol. The van der Waals surface area contributed by atoms with Crippen LogP contribution in [0.25, 0.3) is 0 Å². The summed E-state index contributed by atoms with van der Waals surface area (Å²) in [5.41, 5.74) is 4.70. The lowest BCUT2D eigenvalue weighted by molar-refractivity contribution is 0.576. The molecule has 2 aromatic rings. The quantitative estimate of drug-likeness (QED) is 0.908. The van der Waals surface area contributed by atoms with Crippen LogP contribution in [0.2, 0.25) is 0 Å². The van der Waals surface area contributed by atoms with E-state index in [1.807, 2.05) is 11.4 Å². The fourth-order valence-corrected chi connectivity index (χ4v) is 2.88. The van der Waals surface area contributed by atoms with Crippen LogP contribution in [0, 0.1) is 25.2 Å². The number of aryl methyl sites for hydroxylation is 2. The Bertz CT molecular complexity index is 607. The molecule has 0 bridgehead atoms. The molecule has 1 N–H and O–H groups in total. The molecule has 0 radical (unpaired) electrons. The SMILES string of the molecule is Cc1ccc(C)c(C(C)NCc2cc(C#N)cs2)c1. The number of hydrogen-bond donors (Lipinski definition) is 1. The van der Waals surface area contributed by atoms with Gasteiger partial charge >= 0.3 is 0 Å². The fourth-order valence-electron chi connectivity index (χ4n) is 2.12. The van der Waals surface area contributed by atoms with Crippen molar-refractivity contribution in [2.45, 2.75) is 33.4 Å². The molecule has 0 aliphatic heterocycles. The molecule has 0 fully saturated rings. The smallest absolute Gasteiger partial charge is 0.100 e. The van der Waals surface area contributed by atoms with Gasteiger partial charge in [-0.2, -0.15) is 5.26 Å². The average Bonchev–Trinajstić information content (AvgIpc) is 2.87. The van der Waals surface area contributed by atoms with Gasteiger partial charge in [-0.1, -0.05) is 23.8 Å². The molecular weight excluding hydrogens is 252 g/mol. The Morgan fingerprint density at radius 1 is 1.32 bits per heavy atom. The van der Waals surface area contributed by atoms with Crippen molar-refractivity contribution < 1.29 is 0 Å². The first kappa shape index (κ1) is 13.8. The maximum Gasteiger partial charge on any atom is 0.100 e. The summed E-state index contributed by atoms with van der Waals surface area (Å²) in [5, 5.41) is 14.2. The van der Waals surface area contributed by atoms with Gasteiger partial charge in [-0.05, 0) is 38.0 Å². The molecule has 0 aliphatic rings. The van der Waals surface area contributed by atoms with Gasteiger partial charge in [-0.3, -0.25) is 0 Å². The summed E-state index contributed by atoms with van der Waals surface area (Å²) in [7, 11) is 0. The predicted octanol–water partition coefficient (Wildman–Crippen LogP) is 4.09. The number of benzene rings is 1. The van der Waals surface area contributed by atoms with E-state index < -0.39 is 0 Å². The molecule has 1 unspecified atom stereocenters. The molecule has 3 heteroatoms. The number of rotatable bonds is 4. The number of nitrogens with zero attached hydrogens (tertiary/aromatic N) is 1. The van der Waals surface area contributed by atoms with Crippen LogP contribution in [0.15, 0.2) is 29.6 Å². The average molecular weight is 270 g/mol. The summed E-state index contributed by atoms with van der Waals surface area (Å²) >= 11 is 1.63. The molecule has 0 spiro atoms. The molecule has 1 atom stereocenters. The van der Waals surface area contributed by atoms with E-state index >= 15 is 0 Å². The van der Waals surface area contributed by atoms with Crippen molar-refractivity contribution in [3.63, 3.8) is 0 Å². The Morgan fingerprint density at radius 3 is 2.79 bits per heavy atom. The number of nitrogens with one attached hydrogen (secondary N) is 1. The van der Waals surface area contributed by atoms with E-state index in [2.05, 4.69) is 50.4 Å². The zero-order valence-electron chi connectivity index (χ0n) is 11.5. The maximum atomic E-state index is 8.81. The van der Waals surface area contributed by atoms with E-state index in [0.717, 1.165) is 12.1 Å². The van der Waals surface area contributed by atoms with Crippen molar-refractivity contribution in [2.24, 2.45) is 0 Å². The largest absolute Gasteiger partial charge is 0.305 e. The van der Waals surface area contributed by atoms with Crippen LogP contribution >= 0.6 is 11.3 Å². The molecule has 0 saturated carbocycles. The van der Waals surface area contributed by atoms with Crippen molar-refractivity contribution in [1.29, 1.82) is 5.26 Å². The van der Waals surface area contributed by atoms with Gasteiger partial charge in [0.25, 0.3) is 0 Å².